The van der Waals surface area contributed by atoms with Crippen LogP contribution in [0.4, 0.5) is 0 Å². The second-order valence-corrected chi connectivity index (χ2v) is 8.70. The minimum Gasteiger partial charge on any atom is -0.497 e. The highest BCUT2D eigenvalue weighted by Gasteiger charge is 2.21. The molecule has 4 aromatic rings. The zero-order valence-corrected chi connectivity index (χ0v) is 16.9. The molecule has 6 heteroatoms. The zero-order valence-electron chi connectivity index (χ0n) is 16.1. The molecule has 0 saturated heterocycles. The number of aliphatic hydroxyl groups excluding tert-OH is 1. The van der Waals surface area contributed by atoms with Gasteiger partial charge < -0.3 is 9.84 Å². The molecule has 148 valence electrons. The second-order valence-electron chi connectivity index (χ2n) is 6.89. The largest absolute Gasteiger partial charge is 0.497 e. The maximum atomic E-state index is 13.1. The molecule has 0 radical (unpaired) electrons. The first-order valence-electron chi connectivity index (χ1n) is 9.16. The van der Waals surface area contributed by atoms with Crippen LogP contribution in [-0.4, -0.2) is 24.6 Å². The first-order chi connectivity index (χ1) is 13.9. The maximum absolute atomic E-state index is 13.1. The van der Waals surface area contributed by atoms with Crippen LogP contribution >= 0.6 is 0 Å². The lowest BCUT2D eigenvalue weighted by Gasteiger charge is -2.14. The smallest absolute Gasteiger partial charge is 0.268 e. The number of aromatic nitrogens is 1. The highest BCUT2D eigenvalue weighted by Crippen LogP contribution is 2.32. The van der Waals surface area contributed by atoms with E-state index in [0.29, 0.717) is 27.8 Å². The molecule has 0 saturated carbocycles. The average Bonchev–Trinajstić information content (AvgIpc) is 3.19. The van der Waals surface area contributed by atoms with Gasteiger partial charge >= 0.3 is 0 Å². The van der Waals surface area contributed by atoms with Gasteiger partial charge in [0.15, 0.2) is 0 Å². The maximum Gasteiger partial charge on any atom is 0.268 e. The van der Waals surface area contributed by atoms with Crippen LogP contribution in [0.2, 0.25) is 0 Å². The Labute approximate surface area is 169 Å². The predicted molar refractivity (Wildman–Crippen MR) is 113 cm³/mol. The van der Waals surface area contributed by atoms with E-state index in [9.17, 15) is 13.5 Å². The van der Waals surface area contributed by atoms with E-state index in [-0.39, 0.29) is 4.90 Å². The Bertz CT molecular complexity index is 1260. The van der Waals surface area contributed by atoms with Gasteiger partial charge in [-0.25, -0.2) is 12.4 Å². The molecular weight excluding hydrogens is 386 g/mol. The van der Waals surface area contributed by atoms with Crippen molar-refractivity contribution in [3.8, 4) is 5.75 Å². The molecule has 0 bridgehead atoms. The van der Waals surface area contributed by atoms with Gasteiger partial charge in [0.25, 0.3) is 10.0 Å². The van der Waals surface area contributed by atoms with Crippen LogP contribution in [0.5, 0.6) is 5.75 Å². The highest BCUT2D eigenvalue weighted by molar-refractivity contribution is 7.90. The minimum absolute atomic E-state index is 0.224. The second kappa shape index (κ2) is 7.39. The monoisotopic (exact) mass is 407 g/mol. The summed E-state index contributed by atoms with van der Waals surface area (Å²) in [5.41, 5.74) is 2.86. The number of benzene rings is 3. The third-order valence-electron chi connectivity index (χ3n) is 5.03. The number of ether oxygens (including phenoxy) is 1. The molecule has 0 aliphatic carbocycles. The summed E-state index contributed by atoms with van der Waals surface area (Å²) in [5, 5.41) is 11.6. The Morgan fingerprint density at radius 3 is 2.28 bits per heavy atom. The van der Waals surface area contributed by atoms with Gasteiger partial charge in [0.1, 0.15) is 11.9 Å². The van der Waals surface area contributed by atoms with Crippen LogP contribution < -0.4 is 4.74 Å². The molecule has 1 unspecified atom stereocenters. The standard InChI is InChI=1S/C23H21NO4S/c1-16-6-12-19(13-7-16)29(26,27)24-15-14-20-21(4-3-5-22(20)24)23(25)17-8-10-18(28-2)11-9-17/h3-15,23,25H,1-2H3. The van der Waals surface area contributed by atoms with Crippen molar-refractivity contribution in [3.05, 3.63) is 95.7 Å². The number of rotatable bonds is 5. The summed E-state index contributed by atoms with van der Waals surface area (Å²) in [6, 6.07) is 20.9. The van der Waals surface area contributed by atoms with Crippen molar-refractivity contribution in [2.24, 2.45) is 0 Å². The number of hydrogen-bond donors (Lipinski definition) is 1. The fourth-order valence-electron chi connectivity index (χ4n) is 3.40. The van der Waals surface area contributed by atoms with Crippen molar-refractivity contribution < 1.29 is 18.3 Å². The predicted octanol–water partition coefficient (Wildman–Crippen LogP) is 4.28. The summed E-state index contributed by atoms with van der Waals surface area (Å²) in [5.74, 6) is 0.703. The summed E-state index contributed by atoms with van der Waals surface area (Å²) < 4.78 is 32.7. The van der Waals surface area contributed by atoms with Crippen LogP contribution in [0.15, 0.2) is 83.9 Å². The van der Waals surface area contributed by atoms with Crippen molar-refractivity contribution in [1.29, 1.82) is 0 Å². The fourth-order valence-corrected chi connectivity index (χ4v) is 4.75. The van der Waals surface area contributed by atoms with Gasteiger partial charge in [0, 0.05) is 11.6 Å². The fraction of sp³-hybridized carbons (Fsp3) is 0.130. The van der Waals surface area contributed by atoms with Crippen molar-refractivity contribution in [3.63, 3.8) is 0 Å². The van der Waals surface area contributed by atoms with Gasteiger partial charge in [-0.3, -0.25) is 0 Å². The lowest BCUT2D eigenvalue weighted by molar-refractivity contribution is 0.222. The van der Waals surface area contributed by atoms with Gasteiger partial charge in [0.05, 0.1) is 17.5 Å². The quantitative estimate of drug-likeness (QED) is 0.536. The lowest BCUT2D eigenvalue weighted by atomic mass is 9.98. The Kier molecular flexibility index (Phi) is 4.90. The number of aliphatic hydroxyl groups is 1. The Balaban J connectivity index is 1.79. The number of methoxy groups -OCH3 is 1. The van der Waals surface area contributed by atoms with Crippen LogP contribution in [0.25, 0.3) is 10.9 Å². The molecule has 1 N–H and O–H groups in total. The average molecular weight is 407 g/mol. The summed E-state index contributed by atoms with van der Waals surface area (Å²) >= 11 is 0. The van der Waals surface area contributed by atoms with Gasteiger partial charge in [-0.15, -0.1) is 0 Å². The van der Waals surface area contributed by atoms with E-state index in [1.807, 2.05) is 6.92 Å². The van der Waals surface area contributed by atoms with E-state index in [1.54, 1.807) is 79.9 Å². The SMILES string of the molecule is COc1ccc(C(O)c2cccc3c2ccn3S(=O)(=O)c2ccc(C)cc2)cc1. The molecule has 0 aliphatic heterocycles. The zero-order chi connectivity index (χ0) is 20.6. The Morgan fingerprint density at radius 2 is 1.62 bits per heavy atom. The number of hydrogen-bond acceptors (Lipinski definition) is 4. The van der Waals surface area contributed by atoms with E-state index in [1.165, 1.54) is 10.2 Å². The first-order valence-corrected chi connectivity index (χ1v) is 10.6. The molecule has 1 heterocycles. The van der Waals surface area contributed by atoms with Crippen LogP contribution in [-0.2, 0) is 10.0 Å². The third-order valence-corrected chi connectivity index (χ3v) is 6.74. The normalized spacial score (nSPS) is 12.8. The molecular formula is C23H21NO4S. The molecule has 3 aromatic carbocycles. The van der Waals surface area contributed by atoms with Crippen LogP contribution in [0.1, 0.15) is 22.8 Å². The Hall–Kier alpha value is -3.09. The van der Waals surface area contributed by atoms with Crippen molar-refractivity contribution in [1.82, 2.24) is 3.97 Å². The molecule has 29 heavy (non-hydrogen) atoms. The van der Waals surface area contributed by atoms with Crippen molar-refractivity contribution in [2.75, 3.05) is 7.11 Å². The summed E-state index contributed by atoms with van der Waals surface area (Å²) in [6.45, 7) is 1.91. The van der Waals surface area contributed by atoms with E-state index in [2.05, 4.69) is 0 Å². The molecule has 0 spiro atoms. The van der Waals surface area contributed by atoms with E-state index < -0.39 is 16.1 Å². The van der Waals surface area contributed by atoms with Gasteiger partial charge in [0.2, 0.25) is 0 Å². The highest BCUT2D eigenvalue weighted by atomic mass is 32.2. The van der Waals surface area contributed by atoms with E-state index in [4.69, 9.17) is 4.74 Å². The number of fused-ring (bicyclic) bond motifs is 1. The first kappa shape index (κ1) is 19.2. The molecule has 0 aliphatic rings. The van der Waals surface area contributed by atoms with Crippen molar-refractivity contribution in [2.45, 2.75) is 17.9 Å². The summed E-state index contributed by atoms with van der Waals surface area (Å²) in [4.78, 5) is 0.224. The van der Waals surface area contributed by atoms with Gasteiger partial charge in [-0.2, -0.15) is 0 Å². The number of nitrogens with zero attached hydrogens (tertiary/aromatic N) is 1. The van der Waals surface area contributed by atoms with E-state index >= 15 is 0 Å². The van der Waals surface area contributed by atoms with E-state index in [0.717, 1.165) is 5.56 Å². The third kappa shape index (κ3) is 3.41. The molecule has 0 fully saturated rings. The Morgan fingerprint density at radius 1 is 0.931 bits per heavy atom. The molecule has 0 amide bonds. The molecule has 1 atom stereocenters. The molecule has 4 rings (SSSR count). The lowest BCUT2D eigenvalue weighted by Crippen LogP contribution is -2.12. The van der Waals surface area contributed by atoms with Crippen LogP contribution in [0.3, 0.4) is 0 Å². The molecule has 5 nitrogen and oxygen atoms in total. The van der Waals surface area contributed by atoms with Gasteiger partial charge in [-0.1, -0.05) is 42.0 Å². The molecule has 1 aromatic heterocycles. The summed E-state index contributed by atoms with van der Waals surface area (Å²) in [6.07, 6.45) is 0.645. The van der Waals surface area contributed by atoms with Crippen molar-refractivity contribution >= 4 is 20.9 Å². The topological polar surface area (TPSA) is 68.5 Å². The summed E-state index contributed by atoms with van der Waals surface area (Å²) in [7, 11) is -2.15. The number of aryl methyl sites for hydroxylation is 1. The minimum atomic E-state index is -3.74. The van der Waals surface area contributed by atoms with Crippen LogP contribution in [0, 0.1) is 6.92 Å². The van der Waals surface area contributed by atoms with Gasteiger partial charge in [-0.05, 0) is 54.4 Å².